The maximum atomic E-state index is 9.13. The molecule has 1 N–H and O–H groups in total. The molecular weight excluding hydrogens is 116 g/mol. The molecule has 0 aromatic heterocycles. The number of hydrogen-bond donors (Lipinski definition) is 1. The van der Waals surface area contributed by atoms with E-state index in [9.17, 15) is 0 Å². The van der Waals surface area contributed by atoms with E-state index in [1.807, 2.05) is 6.08 Å². The Hall–Kier alpha value is -0.340. The van der Waals surface area contributed by atoms with E-state index >= 15 is 0 Å². The Morgan fingerprint density at radius 2 is 2.44 bits per heavy atom. The normalized spacial score (nSPS) is 47.9. The average Bonchev–Trinajstić information content (AvgIpc) is 2.09. The van der Waals surface area contributed by atoms with Crippen LogP contribution in [0.3, 0.4) is 0 Å². The van der Waals surface area contributed by atoms with Gasteiger partial charge in [-0.05, 0) is 12.8 Å². The lowest BCUT2D eigenvalue weighted by Gasteiger charge is -2.07. The Bertz CT molecular complexity index is 142. The van der Waals surface area contributed by atoms with Gasteiger partial charge in [-0.2, -0.15) is 0 Å². The van der Waals surface area contributed by atoms with Gasteiger partial charge < -0.3 is 9.84 Å². The molecule has 2 nitrogen and oxygen atoms in total. The smallest absolute Gasteiger partial charge is 0.161 e. The molecule has 3 atom stereocenters. The Balaban J connectivity index is 2.18. The van der Waals surface area contributed by atoms with Crippen LogP contribution in [-0.4, -0.2) is 17.5 Å². The molecule has 0 radical (unpaired) electrons. The van der Waals surface area contributed by atoms with E-state index in [4.69, 9.17) is 9.84 Å². The minimum Gasteiger partial charge on any atom is -0.367 e. The number of aliphatic hydroxyl groups excluding tert-OH is 1. The second-order valence-electron chi connectivity index (χ2n) is 2.71. The first kappa shape index (κ1) is 5.45. The van der Waals surface area contributed by atoms with E-state index in [0.717, 1.165) is 12.8 Å². The van der Waals surface area contributed by atoms with E-state index in [0.29, 0.717) is 6.10 Å². The molecule has 9 heavy (non-hydrogen) atoms. The predicted octanol–water partition coefficient (Wildman–Crippen LogP) is 0.670. The molecule has 1 heterocycles. The number of hydrogen-bond acceptors (Lipinski definition) is 2. The van der Waals surface area contributed by atoms with Crippen LogP contribution < -0.4 is 0 Å². The van der Waals surface area contributed by atoms with E-state index < -0.39 is 6.29 Å². The van der Waals surface area contributed by atoms with E-state index in [2.05, 4.69) is 6.08 Å². The summed E-state index contributed by atoms with van der Waals surface area (Å²) < 4.78 is 5.18. The van der Waals surface area contributed by atoms with Crippen LogP contribution in [0.25, 0.3) is 0 Å². The summed E-state index contributed by atoms with van der Waals surface area (Å²) in [6.45, 7) is 0. The van der Waals surface area contributed by atoms with Gasteiger partial charge in [0.05, 0.1) is 6.10 Å². The third-order valence-electron chi connectivity index (χ3n) is 2.02. The van der Waals surface area contributed by atoms with Gasteiger partial charge in [0.15, 0.2) is 6.29 Å². The lowest BCUT2D eigenvalue weighted by Crippen LogP contribution is -2.11. The zero-order chi connectivity index (χ0) is 6.27. The monoisotopic (exact) mass is 126 g/mol. The summed E-state index contributed by atoms with van der Waals surface area (Å²) in [5, 5.41) is 9.13. The fraction of sp³-hybridized carbons (Fsp3) is 0.714. The first-order valence-corrected chi connectivity index (χ1v) is 3.36. The van der Waals surface area contributed by atoms with Crippen LogP contribution in [0.15, 0.2) is 12.2 Å². The molecule has 2 aliphatic rings. The van der Waals surface area contributed by atoms with Crippen LogP contribution in [0.2, 0.25) is 0 Å². The molecule has 3 unspecified atom stereocenters. The maximum Gasteiger partial charge on any atom is 0.161 e. The lowest BCUT2D eigenvalue weighted by molar-refractivity contribution is -0.0974. The highest BCUT2D eigenvalue weighted by Crippen LogP contribution is 2.31. The highest BCUT2D eigenvalue weighted by Gasteiger charge is 2.33. The van der Waals surface area contributed by atoms with Crippen LogP contribution >= 0.6 is 0 Å². The first-order valence-electron chi connectivity index (χ1n) is 3.36. The molecule has 0 spiro atoms. The van der Waals surface area contributed by atoms with E-state index in [-0.39, 0.29) is 5.92 Å². The van der Waals surface area contributed by atoms with Gasteiger partial charge in [-0.3, -0.25) is 0 Å². The number of rotatable bonds is 0. The van der Waals surface area contributed by atoms with Crippen molar-refractivity contribution in [2.75, 3.05) is 0 Å². The van der Waals surface area contributed by atoms with Crippen molar-refractivity contribution in [3.8, 4) is 0 Å². The van der Waals surface area contributed by atoms with Crippen LogP contribution in [-0.2, 0) is 4.74 Å². The zero-order valence-electron chi connectivity index (χ0n) is 5.16. The Labute approximate surface area is 54.1 Å². The summed E-state index contributed by atoms with van der Waals surface area (Å²) in [4.78, 5) is 0. The van der Waals surface area contributed by atoms with Crippen molar-refractivity contribution in [2.24, 2.45) is 5.92 Å². The number of fused-ring (bicyclic) bond motifs is 2. The predicted molar refractivity (Wildman–Crippen MR) is 32.7 cm³/mol. The van der Waals surface area contributed by atoms with Crippen LogP contribution in [0.5, 0.6) is 0 Å². The molecule has 2 rings (SSSR count). The van der Waals surface area contributed by atoms with Crippen LogP contribution in [0, 0.1) is 5.92 Å². The third-order valence-corrected chi connectivity index (χ3v) is 2.02. The molecule has 0 amide bonds. The fourth-order valence-corrected chi connectivity index (χ4v) is 1.50. The summed E-state index contributed by atoms with van der Waals surface area (Å²) in [7, 11) is 0. The summed E-state index contributed by atoms with van der Waals surface area (Å²) >= 11 is 0. The van der Waals surface area contributed by atoms with Gasteiger partial charge in [-0.1, -0.05) is 12.2 Å². The molecule has 50 valence electrons. The van der Waals surface area contributed by atoms with E-state index in [1.165, 1.54) is 0 Å². The number of ether oxygens (including phenoxy) is 1. The quantitative estimate of drug-likeness (QED) is 0.483. The average molecular weight is 126 g/mol. The topological polar surface area (TPSA) is 29.5 Å². The van der Waals surface area contributed by atoms with Crippen LogP contribution in [0.1, 0.15) is 12.8 Å². The van der Waals surface area contributed by atoms with Gasteiger partial charge in [0, 0.05) is 5.92 Å². The van der Waals surface area contributed by atoms with Gasteiger partial charge in [0.25, 0.3) is 0 Å². The van der Waals surface area contributed by atoms with Gasteiger partial charge in [0.2, 0.25) is 0 Å². The largest absolute Gasteiger partial charge is 0.367 e. The summed E-state index contributed by atoms with van der Waals surface area (Å²) in [5.41, 5.74) is 0. The minimum atomic E-state index is -0.520. The molecule has 1 aliphatic heterocycles. The molecule has 2 heteroatoms. The molecule has 1 saturated heterocycles. The van der Waals surface area contributed by atoms with Crippen molar-refractivity contribution >= 4 is 0 Å². The van der Waals surface area contributed by atoms with Gasteiger partial charge in [-0.25, -0.2) is 0 Å². The number of aliphatic hydroxyl groups is 1. The van der Waals surface area contributed by atoms with Crippen LogP contribution in [0.4, 0.5) is 0 Å². The van der Waals surface area contributed by atoms with Gasteiger partial charge >= 0.3 is 0 Å². The Morgan fingerprint density at radius 3 is 3.11 bits per heavy atom. The van der Waals surface area contributed by atoms with Crippen molar-refractivity contribution in [2.45, 2.75) is 25.2 Å². The molecule has 0 aromatic rings. The summed E-state index contributed by atoms with van der Waals surface area (Å²) in [6.07, 6.45) is 5.91. The molecule has 1 fully saturated rings. The molecule has 2 bridgehead atoms. The third kappa shape index (κ3) is 0.787. The van der Waals surface area contributed by atoms with Crippen molar-refractivity contribution in [1.29, 1.82) is 0 Å². The Morgan fingerprint density at radius 1 is 1.56 bits per heavy atom. The molecule has 0 saturated carbocycles. The highest BCUT2D eigenvalue weighted by molar-refractivity contribution is 5.01. The lowest BCUT2D eigenvalue weighted by atomic mass is 9.97. The van der Waals surface area contributed by atoms with E-state index in [1.54, 1.807) is 0 Å². The Kier molecular flexibility index (Phi) is 1.10. The molecule has 1 aliphatic carbocycles. The van der Waals surface area contributed by atoms with Crippen molar-refractivity contribution < 1.29 is 9.84 Å². The minimum absolute atomic E-state index is 0.281. The SMILES string of the molecule is OC1OC2CC=CC1C2. The second kappa shape index (κ2) is 1.82. The second-order valence-corrected chi connectivity index (χ2v) is 2.71. The van der Waals surface area contributed by atoms with Gasteiger partial charge in [-0.15, -0.1) is 0 Å². The first-order chi connectivity index (χ1) is 4.36. The fourth-order valence-electron chi connectivity index (χ4n) is 1.50. The zero-order valence-corrected chi connectivity index (χ0v) is 5.16. The standard InChI is InChI=1S/C7H10O2/c8-7-5-2-1-3-6(4-5)9-7/h1-2,5-8H,3-4H2. The summed E-state index contributed by atoms with van der Waals surface area (Å²) in [6, 6.07) is 0. The van der Waals surface area contributed by atoms with Crippen molar-refractivity contribution in [3.63, 3.8) is 0 Å². The molecule has 0 aromatic carbocycles. The molecular formula is C7H10O2. The highest BCUT2D eigenvalue weighted by atomic mass is 16.6. The van der Waals surface area contributed by atoms with Crippen molar-refractivity contribution in [1.82, 2.24) is 0 Å². The maximum absolute atomic E-state index is 9.13. The summed E-state index contributed by atoms with van der Waals surface area (Å²) in [5.74, 6) is 0.281. The van der Waals surface area contributed by atoms with Crippen molar-refractivity contribution in [3.05, 3.63) is 12.2 Å². The van der Waals surface area contributed by atoms with Gasteiger partial charge in [0.1, 0.15) is 0 Å².